The van der Waals surface area contributed by atoms with Crippen LogP contribution in [0, 0.1) is 0 Å². The van der Waals surface area contributed by atoms with Crippen molar-refractivity contribution in [3.8, 4) is 17.0 Å². The van der Waals surface area contributed by atoms with Gasteiger partial charge in [-0.2, -0.15) is 5.10 Å². The Balaban J connectivity index is 1.64. The fourth-order valence-electron chi connectivity index (χ4n) is 3.68. The number of hydrogen-bond donors (Lipinski definition) is 1. The normalized spacial score (nSPS) is 12.0. The van der Waals surface area contributed by atoms with Gasteiger partial charge in [-0.1, -0.05) is 61.0 Å². The van der Waals surface area contributed by atoms with Gasteiger partial charge in [0, 0.05) is 22.5 Å². The Kier molecular flexibility index (Phi) is 6.23. The molecule has 5 nitrogen and oxygen atoms in total. The largest absolute Gasteiger partial charge is 0.497 e. The predicted molar refractivity (Wildman–Crippen MR) is 124 cm³/mol. The zero-order valence-electron chi connectivity index (χ0n) is 17.5. The van der Waals surface area contributed by atoms with Crippen LogP contribution in [-0.4, -0.2) is 22.8 Å². The molecule has 1 atom stereocenters. The number of nitrogens with one attached hydrogen (secondary N) is 1. The Morgan fingerprint density at radius 1 is 1.10 bits per heavy atom. The van der Waals surface area contributed by atoms with E-state index in [9.17, 15) is 4.79 Å². The molecule has 1 unspecified atom stereocenters. The lowest BCUT2D eigenvalue weighted by atomic mass is 10.1. The number of nitrogens with zero attached hydrogens (tertiary/aromatic N) is 2. The van der Waals surface area contributed by atoms with Crippen LogP contribution in [0.5, 0.6) is 5.75 Å². The van der Waals surface area contributed by atoms with E-state index in [1.165, 1.54) is 0 Å². The highest BCUT2D eigenvalue weighted by Gasteiger charge is 2.23. The summed E-state index contributed by atoms with van der Waals surface area (Å²) in [6.07, 6.45) is 0.613. The molecule has 0 aliphatic rings. The number of halogens is 1. The first kappa shape index (κ1) is 20.9. The van der Waals surface area contributed by atoms with Gasteiger partial charge in [0.15, 0.2) is 0 Å². The summed E-state index contributed by atoms with van der Waals surface area (Å²) in [4.78, 5) is 13.1. The van der Waals surface area contributed by atoms with E-state index in [2.05, 4.69) is 5.32 Å². The number of fused-ring (bicyclic) bond motifs is 1. The van der Waals surface area contributed by atoms with Crippen molar-refractivity contribution in [2.45, 2.75) is 25.9 Å². The van der Waals surface area contributed by atoms with Crippen LogP contribution in [0.25, 0.3) is 22.2 Å². The Labute approximate surface area is 186 Å². The molecule has 31 heavy (non-hydrogen) atoms. The van der Waals surface area contributed by atoms with E-state index in [0.29, 0.717) is 18.0 Å². The molecule has 0 aliphatic heterocycles. The van der Waals surface area contributed by atoms with Crippen molar-refractivity contribution in [2.75, 3.05) is 7.11 Å². The predicted octanol–water partition coefficient (Wildman–Crippen LogP) is 5.63. The molecule has 1 amide bonds. The molecule has 3 aromatic carbocycles. The van der Waals surface area contributed by atoms with Crippen LogP contribution in [0.4, 0.5) is 0 Å². The molecule has 4 aromatic rings. The first-order valence-corrected chi connectivity index (χ1v) is 10.6. The van der Waals surface area contributed by atoms with Crippen LogP contribution in [0.2, 0.25) is 5.02 Å². The van der Waals surface area contributed by atoms with E-state index in [1.54, 1.807) is 7.11 Å². The molecule has 0 saturated carbocycles. The first-order valence-electron chi connectivity index (χ1n) is 10.2. The fourth-order valence-corrected chi connectivity index (χ4v) is 3.85. The van der Waals surface area contributed by atoms with Gasteiger partial charge in [0.25, 0.3) is 0 Å². The Hall–Kier alpha value is -3.31. The number of carbonyl (C=O) groups is 1. The Morgan fingerprint density at radius 3 is 2.52 bits per heavy atom. The average molecular weight is 434 g/mol. The zero-order valence-corrected chi connectivity index (χ0v) is 18.3. The molecule has 4 rings (SSSR count). The van der Waals surface area contributed by atoms with Crippen molar-refractivity contribution in [2.24, 2.45) is 0 Å². The molecule has 0 fully saturated rings. The van der Waals surface area contributed by atoms with Crippen LogP contribution < -0.4 is 10.1 Å². The molecule has 0 saturated heterocycles. The molecular weight excluding hydrogens is 410 g/mol. The lowest BCUT2D eigenvalue weighted by Gasteiger charge is -2.17. The standard InChI is InChI=1S/C25H24ClN3O2/c1-3-22(25(30)27-16-17-9-12-20(31-2)13-10-17)29-23-14-11-19(26)15-21(23)24(28-29)18-7-5-4-6-8-18/h4-15,22H,3,16H2,1-2H3,(H,27,30). The Bertz CT molecular complexity index is 1190. The van der Waals surface area contributed by atoms with E-state index >= 15 is 0 Å². The summed E-state index contributed by atoms with van der Waals surface area (Å²) in [6, 6.07) is 22.8. The number of hydrogen-bond acceptors (Lipinski definition) is 3. The second-order valence-electron chi connectivity index (χ2n) is 7.31. The number of carbonyl (C=O) groups excluding carboxylic acids is 1. The summed E-state index contributed by atoms with van der Waals surface area (Å²) >= 11 is 6.28. The lowest BCUT2D eigenvalue weighted by molar-refractivity contribution is -0.124. The minimum absolute atomic E-state index is 0.0720. The first-order chi connectivity index (χ1) is 15.1. The summed E-state index contributed by atoms with van der Waals surface area (Å²) in [5, 5.41) is 9.47. The third-order valence-corrected chi connectivity index (χ3v) is 5.56. The van der Waals surface area contributed by atoms with Gasteiger partial charge in [0.2, 0.25) is 5.91 Å². The minimum atomic E-state index is -0.431. The molecular formula is C25H24ClN3O2. The zero-order chi connectivity index (χ0) is 21.8. The summed E-state index contributed by atoms with van der Waals surface area (Å²) in [6.45, 7) is 2.43. The molecule has 1 aromatic heterocycles. The Morgan fingerprint density at radius 2 is 1.84 bits per heavy atom. The van der Waals surface area contributed by atoms with Gasteiger partial charge in [0.05, 0.1) is 12.6 Å². The highest BCUT2D eigenvalue weighted by molar-refractivity contribution is 6.31. The average Bonchev–Trinajstić information content (AvgIpc) is 3.17. The van der Waals surface area contributed by atoms with Crippen molar-refractivity contribution < 1.29 is 9.53 Å². The van der Waals surface area contributed by atoms with Gasteiger partial charge in [-0.05, 0) is 42.3 Å². The third-order valence-electron chi connectivity index (χ3n) is 5.33. The van der Waals surface area contributed by atoms with Crippen molar-refractivity contribution in [1.82, 2.24) is 15.1 Å². The summed E-state index contributed by atoms with van der Waals surface area (Å²) < 4.78 is 7.00. The molecule has 1 N–H and O–H groups in total. The molecule has 0 spiro atoms. The van der Waals surface area contributed by atoms with Gasteiger partial charge in [-0.15, -0.1) is 0 Å². The van der Waals surface area contributed by atoms with Crippen molar-refractivity contribution >= 4 is 28.4 Å². The molecule has 1 heterocycles. The van der Waals surface area contributed by atoms with Crippen molar-refractivity contribution in [3.63, 3.8) is 0 Å². The van der Waals surface area contributed by atoms with E-state index in [0.717, 1.165) is 33.5 Å². The number of aromatic nitrogens is 2. The maximum absolute atomic E-state index is 13.1. The molecule has 158 valence electrons. The van der Waals surface area contributed by atoms with Crippen LogP contribution in [0.3, 0.4) is 0 Å². The van der Waals surface area contributed by atoms with Gasteiger partial charge >= 0.3 is 0 Å². The SMILES string of the molecule is CCC(C(=O)NCc1ccc(OC)cc1)n1nc(-c2ccccc2)c2cc(Cl)ccc21. The van der Waals surface area contributed by atoms with Crippen molar-refractivity contribution in [3.05, 3.63) is 83.4 Å². The number of rotatable bonds is 7. The number of methoxy groups -OCH3 is 1. The third kappa shape index (κ3) is 4.42. The van der Waals surface area contributed by atoms with Crippen molar-refractivity contribution in [1.29, 1.82) is 0 Å². The quantitative estimate of drug-likeness (QED) is 0.410. The van der Waals surface area contributed by atoms with E-state index < -0.39 is 6.04 Å². The van der Waals surface area contributed by atoms with Crippen LogP contribution in [-0.2, 0) is 11.3 Å². The van der Waals surface area contributed by atoms with Gasteiger partial charge in [0.1, 0.15) is 17.5 Å². The highest BCUT2D eigenvalue weighted by Crippen LogP contribution is 2.32. The highest BCUT2D eigenvalue weighted by atomic mass is 35.5. The summed E-state index contributed by atoms with van der Waals surface area (Å²) in [5.41, 5.74) is 3.70. The molecule has 0 radical (unpaired) electrons. The fraction of sp³-hybridized carbons (Fsp3) is 0.200. The minimum Gasteiger partial charge on any atom is -0.497 e. The van der Waals surface area contributed by atoms with E-state index in [1.807, 2.05) is 84.4 Å². The summed E-state index contributed by atoms with van der Waals surface area (Å²) in [7, 11) is 1.63. The number of benzene rings is 3. The molecule has 0 aliphatic carbocycles. The number of amides is 1. The smallest absolute Gasteiger partial charge is 0.245 e. The van der Waals surface area contributed by atoms with E-state index in [4.69, 9.17) is 21.4 Å². The lowest BCUT2D eigenvalue weighted by Crippen LogP contribution is -2.32. The van der Waals surface area contributed by atoms with Gasteiger partial charge in [-0.3, -0.25) is 9.48 Å². The second kappa shape index (κ2) is 9.23. The topological polar surface area (TPSA) is 56.1 Å². The van der Waals surface area contributed by atoms with Crippen LogP contribution in [0.15, 0.2) is 72.8 Å². The van der Waals surface area contributed by atoms with E-state index in [-0.39, 0.29) is 5.91 Å². The molecule has 6 heteroatoms. The second-order valence-corrected chi connectivity index (χ2v) is 7.75. The summed E-state index contributed by atoms with van der Waals surface area (Å²) in [5.74, 6) is 0.717. The maximum Gasteiger partial charge on any atom is 0.245 e. The maximum atomic E-state index is 13.1. The number of ether oxygens (including phenoxy) is 1. The monoisotopic (exact) mass is 433 g/mol. The van der Waals surface area contributed by atoms with Gasteiger partial charge < -0.3 is 10.1 Å². The van der Waals surface area contributed by atoms with Crippen LogP contribution >= 0.6 is 11.6 Å². The molecule has 0 bridgehead atoms. The van der Waals surface area contributed by atoms with Gasteiger partial charge in [-0.25, -0.2) is 0 Å². The van der Waals surface area contributed by atoms with Crippen LogP contribution in [0.1, 0.15) is 24.9 Å².